The van der Waals surface area contributed by atoms with Crippen molar-refractivity contribution in [3.63, 3.8) is 0 Å². The predicted molar refractivity (Wildman–Crippen MR) is 305 cm³/mol. The summed E-state index contributed by atoms with van der Waals surface area (Å²) < 4.78 is 53.2. The Bertz CT molecular complexity index is 3650. The van der Waals surface area contributed by atoms with E-state index in [1.807, 2.05) is 88.9 Å². The fourth-order valence-electron chi connectivity index (χ4n) is 13.6. The van der Waals surface area contributed by atoms with Gasteiger partial charge in [0.1, 0.15) is 0 Å². The van der Waals surface area contributed by atoms with Crippen LogP contribution in [0.2, 0.25) is 0 Å². The SMILES string of the molecule is Cc1nnn(C)c1-c1cnc2c3ccc([C@@](C)(O)C4CC4)c(F)c3n([C@H](c3ccccc3)C3CCOCC3)c2c1.Cc1nnn(C)c1-c1cnc2c3ccc([C@](C)(O)C4CC4)c(F)c3n([C@H](c3ccccc3)C3CCOCC3)c2c1. The number of aromatic nitrogens is 10. The molecule has 4 aromatic carbocycles. The van der Waals surface area contributed by atoms with Gasteiger partial charge in [-0.25, -0.2) is 18.1 Å². The van der Waals surface area contributed by atoms with E-state index in [1.54, 1.807) is 35.3 Å². The van der Waals surface area contributed by atoms with E-state index >= 15 is 8.78 Å². The Morgan fingerprint density at radius 2 is 0.912 bits per heavy atom. The molecule has 2 saturated carbocycles. The number of rotatable bonds is 12. The molecule has 8 heterocycles. The first-order valence-electron chi connectivity index (χ1n) is 28.4. The minimum Gasteiger partial charge on any atom is -0.385 e. The van der Waals surface area contributed by atoms with Crippen LogP contribution in [-0.4, -0.2) is 85.7 Å². The van der Waals surface area contributed by atoms with Crippen LogP contribution < -0.4 is 0 Å². The molecule has 4 atom stereocenters. The van der Waals surface area contributed by atoms with Crippen LogP contribution in [0.15, 0.2) is 109 Å². The highest BCUT2D eigenvalue weighted by molar-refractivity contribution is 6.08. The normalized spacial score (nSPS) is 18.8. The number of hydrogen-bond acceptors (Lipinski definition) is 10. The number of halogens is 2. The molecule has 412 valence electrons. The largest absolute Gasteiger partial charge is 0.385 e. The summed E-state index contributed by atoms with van der Waals surface area (Å²) in [5, 5.41) is 41.3. The number of ether oxygens (including phenoxy) is 2. The van der Waals surface area contributed by atoms with Gasteiger partial charge in [-0.1, -0.05) is 95.4 Å². The van der Waals surface area contributed by atoms with E-state index in [-0.39, 0.29) is 47.4 Å². The van der Waals surface area contributed by atoms with Crippen molar-refractivity contribution in [3.05, 3.63) is 155 Å². The molecule has 0 amide bonds. The van der Waals surface area contributed by atoms with Crippen LogP contribution in [0, 0.1) is 49.2 Å². The summed E-state index contributed by atoms with van der Waals surface area (Å²) in [6, 6.07) is 32.1. The molecule has 2 saturated heterocycles. The van der Waals surface area contributed by atoms with Gasteiger partial charge >= 0.3 is 0 Å². The number of fused-ring (bicyclic) bond motifs is 6. The smallest absolute Gasteiger partial charge is 0.153 e. The topological polar surface area (TPSA) is 156 Å². The zero-order chi connectivity index (χ0) is 55.2. The maximum atomic E-state index is 16.9. The summed E-state index contributed by atoms with van der Waals surface area (Å²) in [4.78, 5) is 9.85. The van der Waals surface area contributed by atoms with Crippen molar-refractivity contribution in [3.8, 4) is 22.5 Å². The van der Waals surface area contributed by atoms with E-state index in [9.17, 15) is 10.2 Å². The van der Waals surface area contributed by atoms with Gasteiger partial charge in [-0.15, -0.1) is 10.2 Å². The minimum absolute atomic E-state index is 0.0720. The molecule has 6 aromatic heterocycles. The molecule has 14 rings (SSSR count). The van der Waals surface area contributed by atoms with Crippen molar-refractivity contribution < 1.29 is 28.5 Å². The van der Waals surface area contributed by atoms with E-state index < -0.39 is 11.2 Å². The molecule has 0 unspecified atom stereocenters. The highest BCUT2D eigenvalue weighted by Crippen LogP contribution is 2.51. The molecule has 16 heteroatoms. The van der Waals surface area contributed by atoms with Gasteiger partial charge in [-0.3, -0.25) is 9.97 Å². The molecule has 4 aliphatic rings. The first kappa shape index (κ1) is 52.2. The molecule has 2 aliphatic heterocycles. The lowest BCUT2D eigenvalue weighted by Gasteiger charge is -2.33. The number of benzene rings is 4. The second-order valence-corrected chi connectivity index (χ2v) is 23.3. The molecule has 2 N–H and O–H groups in total. The lowest BCUT2D eigenvalue weighted by molar-refractivity contribution is 0.0292. The van der Waals surface area contributed by atoms with E-state index in [0.717, 1.165) is 129 Å². The lowest BCUT2D eigenvalue weighted by atomic mass is 9.86. The molecule has 10 aromatic rings. The lowest BCUT2D eigenvalue weighted by Crippen LogP contribution is -2.28. The van der Waals surface area contributed by atoms with Crippen LogP contribution in [0.4, 0.5) is 8.78 Å². The van der Waals surface area contributed by atoms with Crippen LogP contribution >= 0.6 is 0 Å². The molecule has 4 fully saturated rings. The summed E-state index contributed by atoms with van der Waals surface area (Å²) in [6.45, 7) is 10.1. The first-order valence-corrected chi connectivity index (χ1v) is 28.4. The van der Waals surface area contributed by atoms with Crippen molar-refractivity contribution in [1.29, 1.82) is 0 Å². The fraction of sp³-hybridized carbons (Fsp3) is 0.406. The average Bonchev–Trinajstić information content (AvgIpc) is 4.42. The van der Waals surface area contributed by atoms with E-state index in [1.165, 1.54) is 0 Å². The van der Waals surface area contributed by atoms with Gasteiger partial charge in [0.25, 0.3) is 0 Å². The number of aliphatic hydroxyl groups is 2. The van der Waals surface area contributed by atoms with Gasteiger partial charge in [-0.2, -0.15) is 0 Å². The molecule has 2 aliphatic carbocycles. The number of nitrogens with zero attached hydrogens (tertiary/aromatic N) is 10. The van der Waals surface area contributed by atoms with E-state index in [4.69, 9.17) is 19.4 Å². The summed E-state index contributed by atoms with van der Waals surface area (Å²) >= 11 is 0. The maximum absolute atomic E-state index is 16.9. The van der Waals surface area contributed by atoms with Crippen LogP contribution in [0.25, 0.3) is 66.4 Å². The van der Waals surface area contributed by atoms with Gasteiger partial charge in [0.2, 0.25) is 0 Å². The van der Waals surface area contributed by atoms with Crippen molar-refractivity contribution in [2.45, 2.75) is 102 Å². The standard InChI is InChI=1S/2C32H34FN5O2/c2*1-19-29(37(3)36-35-19)22-17-26-28(34-18-22)24-11-12-25(32(2,39)23-9-10-23)27(33)31(24)38(26)30(20-7-5-4-6-8-20)21-13-15-40-16-14-21/h2*4-8,11-12,17-18,21,23,30,39H,9-10,13-16H2,1-3H3/t30-,32+;30-,32-/m11/s1. The maximum Gasteiger partial charge on any atom is 0.153 e. The summed E-state index contributed by atoms with van der Waals surface area (Å²) in [6.07, 6.45) is 10.8. The third-order valence-electron chi connectivity index (χ3n) is 18.1. The Morgan fingerprint density at radius 3 is 1.25 bits per heavy atom. The van der Waals surface area contributed by atoms with Gasteiger partial charge in [0.05, 0.1) is 79.2 Å². The number of aryl methyl sites for hydroxylation is 4. The second-order valence-electron chi connectivity index (χ2n) is 23.3. The van der Waals surface area contributed by atoms with Gasteiger partial charge < -0.3 is 28.8 Å². The Labute approximate surface area is 463 Å². The molecular weight excluding hydrogens is 1010 g/mol. The molecular formula is C64H68F2N10O4. The van der Waals surface area contributed by atoms with Crippen LogP contribution in [0.1, 0.15) is 111 Å². The van der Waals surface area contributed by atoms with Crippen molar-refractivity contribution in [2.24, 2.45) is 37.8 Å². The average molecular weight is 1080 g/mol. The van der Waals surface area contributed by atoms with Gasteiger partial charge in [-0.05, 0) is 126 Å². The molecule has 0 bridgehead atoms. The van der Waals surface area contributed by atoms with E-state index in [2.05, 4.69) is 66.2 Å². The van der Waals surface area contributed by atoms with Crippen molar-refractivity contribution >= 4 is 43.9 Å². The predicted octanol–water partition coefficient (Wildman–Crippen LogP) is 12.1. The molecule has 0 radical (unpaired) electrons. The Morgan fingerprint density at radius 1 is 0.537 bits per heavy atom. The van der Waals surface area contributed by atoms with Crippen LogP contribution in [0.5, 0.6) is 0 Å². The fourth-order valence-corrected chi connectivity index (χ4v) is 13.6. The zero-order valence-electron chi connectivity index (χ0n) is 46.3. The quantitative estimate of drug-likeness (QED) is 0.121. The molecule has 0 spiro atoms. The third-order valence-corrected chi connectivity index (χ3v) is 18.1. The summed E-state index contributed by atoms with van der Waals surface area (Å²) in [5.74, 6) is -0.0949. The summed E-state index contributed by atoms with van der Waals surface area (Å²) in [7, 11) is 3.74. The third kappa shape index (κ3) is 8.89. The Balaban J connectivity index is 0.000000151. The monoisotopic (exact) mass is 1080 g/mol. The first-order chi connectivity index (χ1) is 38.7. The van der Waals surface area contributed by atoms with Crippen molar-refractivity contribution in [1.82, 2.24) is 49.1 Å². The highest BCUT2D eigenvalue weighted by Gasteiger charge is 2.45. The number of hydrogen-bond donors (Lipinski definition) is 2. The van der Waals surface area contributed by atoms with Gasteiger partial charge in [0.15, 0.2) is 11.6 Å². The summed E-state index contributed by atoms with van der Waals surface area (Å²) in [5.41, 5.74) is 9.85. The molecule has 80 heavy (non-hydrogen) atoms. The minimum atomic E-state index is -1.23. The Hall–Kier alpha value is -7.24. The van der Waals surface area contributed by atoms with Crippen LogP contribution in [0.3, 0.4) is 0 Å². The number of pyridine rings is 2. The molecule has 14 nitrogen and oxygen atoms in total. The zero-order valence-corrected chi connectivity index (χ0v) is 46.3. The van der Waals surface area contributed by atoms with E-state index in [0.29, 0.717) is 48.6 Å². The van der Waals surface area contributed by atoms with Crippen molar-refractivity contribution in [2.75, 3.05) is 26.4 Å². The second kappa shape index (κ2) is 20.4. The van der Waals surface area contributed by atoms with Gasteiger partial charge in [0, 0.05) is 85.9 Å². The Kier molecular flexibility index (Phi) is 13.3. The van der Waals surface area contributed by atoms with Crippen LogP contribution in [-0.2, 0) is 34.8 Å². The highest BCUT2D eigenvalue weighted by atomic mass is 19.1.